The molecule has 1 heterocycles. The summed E-state index contributed by atoms with van der Waals surface area (Å²) in [4.78, 5) is 29.5. The third kappa shape index (κ3) is 3.81. The van der Waals surface area contributed by atoms with E-state index >= 15 is 0 Å². The van der Waals surface area contributed by atoms with Crippen molar-refractivity contribution in [3.05, 3.63) is 98.9 Å². The van der Waals surface area contributed by atoms with Gasteiger partial charge in [-0.15, -0.1) is 0 Å². The fourth-order valence-electron chi connectivity index (χ4n) is 3.48. The standard InChI is InChI=1S/C25H20ClNO2S/c1-15-4-9-19(10-5-15)27-24(28)22(21-13-6-16(2)14-17(21)3)23(25(27)29)30-20-11-7-18(26)8-12-20/h4-14H,1-3H3. The maximum atomic E-state index is 13.5. The summed E-state index contributed by atoms with van der Waals surface area (Å²) in [5, 5.41) is 0.623. The van der Waals surface area contributed by atoms with Crippen LogP contribution in [0.3, 0.4) is 0 Å². The highest BCUT2D eigenvalue weighted by molar-refractivity contribution is 8.04. The second-order valence-corrected chi connectivity index (χ2v) is 8.88. The number of imide groups is 1. The number of amides is 2. The zero-order chi connectivity index (χ0) is 21.4. The Morgan fingerprint density at radius 2 is 1.40 bits per heavy atom. The molecule has 4 rings (SSSR count). The largest absolute Gasteiger partial charge is 0.272 e. The number of hydrogen-bond donors (Lipinski definition) is 0. The predicted molar refractivity (Wildman–Crippen MR) is 124 cm³/mol. The van der Waals surface area contributed by atoms with Crippen LogP contribution in [-0.2, 0) is 9.59 Å². The van der Waals surface area contributed by atoms with E-state index in [2.05, 4.69) is 0 Å². The second-order valence-electron chi connectivity index (χ2n) is 7.36. The minimum Gasteiger partial charge on any atom is -0.268 e. The van der Waals surface area contributed by atoms with Crippen LogP contribution in [-0.4, -0.2) is 11.8 Å². The maximum Gasteiger partial charge on any atom is 0.272 e. The Morgan fingerprint density at radius 3 is 2.03 bits per heavy atom. The zero-order valence-corrected chi connectivity index (χ0v) is 18.5. The number of benzene rings is 3. The van der Waals surface area contributed by atoms with Crippen LogP contribution in [0.1, 0.15) is 22.3 Å². The van der Waals surface area contributed by atoms with Crippen molar-refractivity contribution in [2.24, 2.45) is 0 Å². The van der Waals surface area contributed by atoms with E-state index in [1.807, 2.05) is 63.2 Å². The summed E-state index contributed by atoms with van der Waals surface area (Å²) < 4.78 is 0. The van der Waals surface area contributed by atoms with Crippen LogP contribution in [0.5, 0.6) is 0 Å². The van der Waals surface area contributed by atoms with Crippen molar-refractivity contribution >= 4 is 46.4 Å². The van der Waals surface area contributed by atoms with Crippen LogP contribution < -0.4 is 4.90 Å². The summed E-state index contributed by atoms with van der Waals surface area (Å²) in [6.07, 6.45) is 0. The van der Waals surface area contributed by atoms with Gasteiger partial charge in [-0.3, -0.25) is 9.59 Å². The van der Waals surface area contributed by atoms with Gasteiger partial charge in [0.15, 0.2) is 0 Å². The molecule has 3 aromatic carbocycles. The monoisotopic (exact) mass is 433 g/mol. The Kier molecular flexibility index (Phi) is 5.54. The highest BCUT2D eigenvalue weighted by atomic mass is 35.5. The van der Waals surface area contributed by atoms with E-state index in [0.717, 1.165) is 27.1 Å². The second kappa shape index (κ2) is 8.13. The molecular formula is C25H20ClNO2S. The van der Waals surface area contributed by atoms with Crippen molar-refractivity contribution in [2.75, 3.05) is 4.90 Å². The lowest BCUT2D eigenvalue weighted by molar-refractivity contribution is -0.119. The van der Waals surface area contributed by atoms with E-state index < -0.39 is 0 Å². The minimum atomic E-state index is -0.307. The first kappa shape index (κ1) is 20.5. The third-order valence-corrected chi connectivity index (χ3v) is 6.36. The minimum absolute atomic E-state index is 0.299. The van der Waals surface area contributed by atoms with Crippen molar-refractivity contribution in [2.45, 2.75) is 25.7 Å². The molecule has 0 atom stereocenters. The van der Waals surface area contributed by atoms with E-state index in [-0.39, 0.29) is 11.8 Å². The van der Waals surface area contributed by atoms with E-state index in [0.29, 0.717) is 21.2 Å². The third-order valence-electron chi connectivity index (χ3n) is 5.02. The molecule has 150 valence electrons. The van der Waals surface area contributed by atoms with Crippen LogP contribution in [0, 0.1) is 20.8 Å². The smallest absolute Gasteiger partial charge is 0.268 e. The lowest BCUT2D eigenvalue weighted by Gasteiger charge is -2.15. The molecule has 0 saturated heterocycles. The molecule has 0 bridgehead atoms. The summed E-state index contributed by atoms with van der Waals surface area (Å²) in [6, 6.07) is 20.6. The van der Waals surface area contributed by atoms with Gasteiger partial charge in [0, 0.05) is 9.92 Å². The average molecular weight is 434 g/mol. The summed E-state index contributed by atoms with van der Waals surface area (Å²) in [6.45, 7) is 5.94. The van der Waals surface area contributed by atoms with Gasteiger partial charge in [0.05, 0.1) is 16.2 Å². The summed E-state index contributed by atoms with van der Waals surface area (Å²) in [5.41, 5.74) is 4.94. The molecule has 1 aliphatic rings. The Bertz CT molecular complexity index is 1180. The Labute approximate surface area is 185 Å². The molecule has 30 heavy (non-hydrogen) atoms. The van der Waals surface area contributed by atoms with Crippen LogP contribution in [0.2, 0.25) is 5.02 Å². The van der Waals surface area contributed by atoms with Gasteiger partial charge in [0.25, 0.3) is 11.8 Å². The highest BCUT2D eigenvalue weighted by Gasteiger charge is 2.40. The molecule has 0 saturated carbocycles. The normalized spacial score (nSPS) is 14.1. The van der Waals surface area contributed by atoms with Gasteiger partial charge in [0.2, 0.25) is 0 Å². The fraction of sp³-hybridized carbons (Fsp3) is 0.120. The Morgan fingerprint density at radius 1 is 0.767 bits per heavy atom. The van der Waals surface area contributed by atoms with Crippen molar-refractivity contribution in [3.8, 4) is 0 Å². The molecule has 3 nitrogen and oxygen atoms in total. The summed E-state index contributed by atoms with van der Waals surface area (Å²) in [7, 11) is 0. The van der Waals surface area contributed by atoms with Gasteiger partial charge in [0.1, 0.15) is 0 Å². The van der Waals surface area contributed by atoms with Gasteiger partial charge in [-0.1, -0.05) is 64.8 Å². The molecule has 0 spiro atoms. The molecule has 0 aromatic heterocycles. The number of rotatable bonds is 4. The maximum absolute atomic E-state index is 13.5. The van der Waals surface area contributed by atoms with Gasteiger partial charge in [-0.05, 0) is 68.3 Å². The summed E-state index contributed by atoms with van der Waals surface area (Å²) in [5.74, 6) is -0.606. The quantitative estimate of drug-likeness (QED) is 0.450. The lowest BCUT2D eigenvalue weighted by atomic mass is 9.99. The molecule has 5 heteroatoms. The Hall–Kier alpha value is -2.82. The number of carbonyl (C=O) groups excluding carboxylic acids is 2. The van der Waals surface area contributed by atoms with E-state index in [1.165, 1.54) is 16.7 Å². The van der Waals surface area contributed by atoms with Gasteiger partial charge < -0.3 is 0 Å². The van der Waals surface area contributed by atoms with E-state index in [4.69, 9.17) is 11.6 Å². The highest BCUT2D eigenvalue weighted by Crippen LogP contribution is 2.42. The van der Waals surface area contributed by atoms with Crippen molar-refractivity contribution < 1.29 is 9.59 Å². The first-order valence-electron chi connectivity index (χ1n) is 9.56. The fourth-order valence-corrected chi connectivity index (χ4v) is 4.60. The molecule has 2 amide bonds. The van der Waals surface area contributed by atoms with Crippen LogP contribution >= 0.6 is 23.4 Å². The first-order valence-corrected chi connectivity index (χ1v) is 10.8. The number of nitrogens with zero attached hydrogens (tertiary/aromatic N) is 1. The zero-order valence-electron chi connectivity index (χ0n) is 16.9. The van der Waals surface area contributed by atoms with Crippen LogP contribution in [0.25, 0.3) is 5.57 Å². The molecular weight excluding hydrogens is 414 g/mol. The van der Waals surface area contributed by atoms with Crippen molar-refractivity contribution in [1.82, 2.24) is 0 Å². The molecule has 0 fully saturated rings. The lowest BCUT2D eigenvalue weighted by Crippen LogP contribution is -2.31. The Balaban J connectivity index is 1.84. The van der Waals surface area contributed by atoms with Crippen LogP contribution in [0.15, 0.2) is 76.5 Å². The number of hydrogen-bond acceptors (Lipinski definition) is 3. The first-order chi connectivity index (χ1) is 14.3. The van der Waals surface area contributed by atoms with Crippen molar-refractivity contribution in [1.29, 1.82) is 0 Å². The number of carbonyl (C=O) groups is 2. The average Bonchev–Trinajstić information content (AvgIpc) is 2.95. The van der Waals surface area contributed by atoms with Crippen LogP contribution in [0.4, 0.5) is 5.69 Å². The van der Waals surface area contributed by atoms with Gasteiger partial charge in [-0.25, -0.2) is 4.90 Å². The predicted octanol–water partition coefficient (Wildman–Crippen LogP) is 6.34. The van der Waals surface area contributed by atoms with Gasteiger partial charge in [-0.2, -0.15) is 0 Å². The molecule has 3 aromatic rings. The number of halogens is 1. The molecule has 0 radical (unpaired) electrons. The summed E-state index contributed by atoms with van der Waals surface area (Å²) >= 11 is 7.30. The number of anilines is 1. The van der Waals surface area contributed by atoms with Crippen molar-refractivity contribution in [3.63, 3.8) is 0 Å². The molecule has 0 unspecified atom stereocenters. The topological polar surface area (TPSA) is 37.4 Å². The van der Waals surface area contributed by atoms with E-state index in [9.17, 15) is 9.59 Å². The SMILES string of the molecule is Cc1ccc(N2C(=O)C(Sc3ccc(Cl)cc3)=C(c3ccc(C)cc3C)C2=O)cc1. The molecule has 0 N–H and O–H groups in total. The van der Waals surface area contributed by atoms with Gasteiger partial charge >= 0.3 is 0 Å². The van der Waals surface area contributed by atoms with E-state index in [1.54, 1.807) is 24.3 Å². The number of thioether (sulfide) groups is 1. The number of aryl methyl sites for hydroxylation is 3. The molecule has 0 aliphatic carbocycles. The molecule has 1 aliphatic heterocycles.